The third-order valence-corrected chi connectivity index (χ3v) is 4.77. The molecular formula is C12H22. The third kappa shape index (κ3) is 0.963. The third-order valence-electron chi connectivity index (χ3n) is 4.77. The molecule has 0 aromatic heterocycles. The molecule has 0 spiro atoms. The van der Waals surface area contributed by atoms with Gasteiger partial charge in [0.05, 0.1) is 0 Å². The van der Waals surface area contributed by atoms with Gasteiger partial charge in [0.2, 0.25) is 0 Å². The fourth-order valence-electron chi connectivity index (χ4n) is 3.67. The van der Waals surface area contributed by atoms with E-state index < -0.39 is 0 Å². The maximum Gasteiger partial charge on any atom is -0.0295 e. The highest BCUT2D eigenvalue weighted by Crippen LogP contribution is 2.62. The van der Waals surface area contributed by atoms with Gasteiger partial charge in [0, 0.05) is 0 Å². The largest absolute Gasteiger partial charge is 0.0625 e. The first-order valence-corrected chi connectivity index (χ1v) is 5.53. The van der Waals surface area contributed by atoms with Crippen molar-refractivity contribution in [2.24, 2.45) is 29.1 Å². The quantitative estimate of drug-likeness (QED) is 0.557. The highest BCUT2D eigenvalue weighted by atomic mass is 14.6. The number of rotatable bonds is 1. The molecule has 0 aromatic rings. The molecule has 2 bridgehead atoms. The second-order valence-corrected chi connectivity index (χ2v) is 5.85. The van der Waals surface area contributed by atoms with Gasteiger partial charge in [-0.05, 0) is 48.3 Å². The van der Waals surface area contributed by atoms with Crippen LogP contribution in [0.25, 0.3) is 0 Å². The highest BCUT2D eigenvalue weighted by molar-refractivity contribution is 5.03. The second-order valence-electron chi connectivity index (χ2n) is 5.85. The van der Waals surface area contributed by atoms with Crippen LogP contribution in [0.2, 0.25) is 0 Å². The standard InChI is InChI=1S/C12H22/c1-8(2)10-6-5-9-7-11(10)12(9,3)4/h8-11H,5-7H2,1-4H3/t9-,10-,11-/m0/s1. The molecule has 0 saturated heterocycles. The molecule has 3 rings (SSSR count). The molecule has 0 heterocycles. The minimum Gasteiger partial charge on any atom is -0.0625 e. The summed E-state index contributed by atoms with van der Waals surface area (Å²) in [6, 6.07) is 0. The van der Waals surface area contributed by atoms with Gasteiger partial charge >= 0.3 is 0 Å². The van der Waals surface area contributed by atoms with Crippen LogP contribution in [0.5, 0.6) is 0 Å². The van der Waals surface area contributed by atoms with E-state index in [1.807, 2.05) is 0 Å². The summed E-state index contributed by atoms with van der Waals surface area (Å²) in [5.74, 6) is 4.06. The Balaban J connectivity index is 2.11. The summed E-state index contributed by atoms with van der Waals surface area (Å²) in [5, 5.41) is 0. The smallest absolute Gasteiger partial charge is 0.0295 e. The molecule has 0 N–H and O–H groups in total. The SMILES string of the molecule is CC(C)[C@@H]1CC[C@H]2C[C@@H]1C2(C)C. The van der Waals surface area contributed by atoms with Crippen molar-refractivity contribution in [3.8, 4) is 0 Å². The van der Waals surface area contributed by atoms with Gasteiger partial charge in [-0.15, -0.1) is 0 Å². The zero-order valence-corrected chi connectivity index (χ0v) is 8.93. The summed E-state index contributed by atoms with van der Waals surface area (Å²) >= 11 is 0. The summed E-state index contributed by atoms with van der Waals surface area (Å²) in [7, 11) is 0. The first kappa shape index (κ1) is 8.59. The van der Waals surface area contributed by atoms with Crippen LogP contribution in [0.3, 0.4) is 0 Å². The van der Waals surface area contributed by atoms with E-state index in [9.17, 15) is 0 Å². The Hall–Kier alpha value is 0. The van der Waals surface area contributed by atoms with Gasteiger partial charge in [-0.3, -0.25) is 0 Å². The monoisotopic (exact) mass is 166 g/mol. The molecule has 0 nitrogen and oxygen atoms in total. The van der Waals surface area contributed by atoms with E-state index in [2.05, 4.69) is 27.7 Å². The van der Waals surface area contributed by atoms with Crippen LogP contribution in [0.1, 0.15) is 47.0 Å². The molecule has 3 saturated carbocycles. The summed E-state index contributed by atoms with van der Waals surface area (Å²) in [6.07, 6.45) is 4.55. The number of hydrogen-bond acceptors (Lipinski definition) is 0. The second kappa shape index (κ2) is 2.49. The fourth-order valence-corrected chi connectivity index (χ4v) is 3.67. The molecule has 3 aliphatic rings. The molecule has 3 fully saturated rings. The van der Waals surface area contributed by atoms with Gasteiger partial charge in [0.25, 0.3) is 0 Å². The molecule has 12 heavy (non-hydrogen) atoms. The maximum atomic E-state index is 2.49. The van der Waals surface area contributed by atoms with Crippen molar-refractivity contribution < 1.29 is 0 Å². The van der Waals surface area contributed by atoms with Gasteiger partial charge in [-0.25, -0.2) is 0 Å². The lowest BCUT2D eigenvalue weighted by Gasteiger charge is -2.61. The minimum absolute atomic E-state index is 0.688. The lowest BCUT2D eigenvalue weighted by atomic mass is 9.44. The van der Waals surface area contributed by atoms with Crippen molar-refractivity contribution in [3.63, 3.8) is 0 Å². The van der Waals surface area contributed by atoms with E-state index >= 15 is 0 Å². The van der Waals surface area contributed by atoms with Crippen molar-refractivity contribution in [2.75, 3.05) is 0 Å². The number of hydrogen-bond donors (Lipinski definition) is 0. The first-order chi connectivity index (χ1) is 5.53. The van der Waals surface area contributed by atoms with Crippen molar-refractivity contribution in [1.29, 1.82) is 0 Å². The van der Waals surface area contributed by atoms with E-state index in [-0.39, 0.29) is 0 Å². The normalized spacial score (nSPS) is 44.2. The molecule has 0 heteroatoms. The summed E-state index contributed by atoms with van der Waals surface area (Å²) in [4.78, 5) is 0. The molecule has 0 radical (unpaired) electrons. The van der Waals surface area contributed by atoms with Gasteiger partial charge in [-0.1, -0.05) is 27.7 Å². The lowest BCUT2D eigenvalue weighted by Crippen LogP contribution is -2.53. The zero-order valence-electron chi connectivity index (χ0n) is 8.93. The van der Waals surface area contributed by atoms with Crippen LogP contribution in [0.4, 0.5) is 0 Å². The molecule has 3 atom stereocenters. The minimum atomic E-state index is 0.688. The Morgan fingerprint density at radius 1 is 1.17 bits per heavy atom. The van der Waals surface area contributed by atoms with E-state index in [1.54, 1.807) is 0 Å². The van der Waals surface area contributed by atoms with Crippen molar-refractivity contribution in [2.45, 2.75) is 47.0 Å². The van der Waals surface area contributed by atoms with Crippen LogP contribution in [-0.2, 0) is 0 Å². The van der Waals surface area contributed by atoms with Gasteiger partial charge in [-0.2, -0.15) is 0 Å². The van der Waals surface area contributed by atoms with Crippen LogP contribution >= 0.6 is 0 Å². The van der Waals surface area contributed by atoms with Crippen molar-refractivity contribution in [1.82, 2.24) is 0 Å². The first-order valence-electron chi connectivity index (χ1n) is 5.53. The van der Waals surface area contributed by atoms with E-state index in [0.29, 0.717) is 5.41 Å². The van der Waals surface area contributed by atoms with Crippen LogP contribution < -0.4 is 0 Å². The van der Waals surface area contributed by atoms with Gasteiger partial charge < -0.3 is 0 Å². The topological polar surface area (TPSA) is 0 Å². The van der Waals surface area contributed by atoms with Crippen molar-refractivity contribution >= 4 is 0 Å². The average Bonchev–Trinajstić information content (AvgIpc) is 2.04. The average molecular weight is 166 g/mol. The van der Waals surface area contributed by atoms with E-state index in [0.717, 1.165) is 23.7 Å². The summed E-state index contributed by atoms with van der Waals surface area (Å²) < 4.78 is 0. The predicted octanol–water partition coefficient (Wildman–Crippen LogP) is 3.71. The van der Waals surface area contributed by atoms with E-state index in [1.165, 1.54) is 19.3 Å². The van der Waals surface area contributed by atoms with Gasteiger partial charge in [0.15, 0.2) is 0 Å². The molecule has 0 amide bonds. The van der Waals surface area contributed by atoms with Crippen molar-refractivity contribution in [3.05, 3.63) is 0 Å². The number of fused-ring (bicyclic) bond motifs is 2. The maximum absolute atomic E-state index is 2.49. The molecule has 0 unspecified atom stereocenters. The highest BCUT2D eigenvalue weighted by Gasteiger charge is 2.54. The Labute approximate surface area is 76.7 Å². The predicted molar refractivity (Wildman–Crippen MR) is 52.9 cm³/mol. The van der Waals surface area contributed by atoms with Crippen LogP contribution in [-0.4, -0.2) is 0 Å². The summed E-state index contributed by atoms with van der Waals surface area (Å²) in [6.45, 7) is 9.78. The fraction of sp³-hybridized carbons (Fsp3) is 1.00. The molecular weight excluding hydrogens is 144 g/mol. The lowest BCUT2D eigenvalue weighted by molar-refractivity contribution is -0.117. The Kier molecular flexibility index (Phi) is 1.79. The van der Waals surface area contributed by atoms with Gasteiger partial charge in [0.1, 0.15) is 0 Å². The molecule has 0 aliphatic heterocycles. The van der Waals surface area contributed by atoms with Crippen LogP contribution in [0.15, 0.2) is 0 Å². The molecule has 0 aromatic carbocycles. The Morgan fingerprint density at radius 3 is 2.17 bits per heavy atom. The summed E-state index contributed by atoms with van der Waals surface area (Å²) in [5.41, 5.74) is 0.688. The zero-order chi connectivity index (χ0) is 8.93. The molecule has 3 aliphatic carbocycles. The van der Waals surface area contributed by atoms with E-state index in [4.69, 9.17) is 0 Å². The Morgan fingerprint density at radius 2 is 1.83 bits per heavy atom. The molecule has 70 valence electrons. The Bertz CT molecular complexity index is 174. The van der Waals surface area contributed by atoms with Crippen LogP contribution in [0, 0.1) is 29.1 Å².